The van der Waals surface area contributed by atoms with Gasteiger partial charge in [-0.05, 0) is 12.1 Å². The third-order valence-electron chi connectivity index (χ3n) is 2.25. The van der Waals surface area contributed by atoms with Crippen molar-refractivity contribution in [3.05, 3.63) is 23.8 Å². The van der Waals surface area contributed by atoms with Gasteiger partial charge in [-0.15, -0.1) is 0 Å². The number of methoxy groups -OCH3 is 2. The lowest BCUT2D eigenvalue weighted by Crippen LogP contribution is -2.08. The second-order valence-electron chi connectivity index (χ2n) is 3.91. The fraction of sp³-hybridized carbons (Fsp3) is 0.385. The number of carbonyl (C=O) groups excluding carboxylic acids is 1. The Bertz CT molecular complexity index is 441. The van der Waals surface area contributed by atoms with Crippen LogP contribution in [-0.2, 0) is 9.63 Å². The molecule has 0 bridgehead atoms. The molecule has 0 heterocycles. The highest BCUT2D eigenvalue weighted by Crippen LogP contribution is 2.23. The monoisotopic (exact) mass is 251 g/mol. The first-order chi connectivity index (χ1) is 8.58. The minimum atomic E-state index is -0.376. The van der Waals surface area contributed by atoms with Crippen LogP contribution in [0.25, 0.3) is 0 Å². The van der Waals surface area contributed by atoms with Crippen LogP contribution in [-0.4, -0.2) is 26.4 Å². The smallest absolute Gasteiger partial charge is 0.337 e. The van der Waals surface area contributed by atoms with Gasteiger partial charge in [0.1, 0.15) is 11.5 Å². The molecule has 98 valence electrons. The first-order valence-electron chi connectivity index (χ1n) is 5.54. The van der Waals surface area contributed by atoms with Gasteiger partial charge in [0.15, 0.2) is 0 Å². The molecule has 0 saturated carbocycles. The van der Waals surface area contributed by atoms with Crippen molar-refractivity contribution in [2.75, 3.05) is 14.2 Å². The summed E-state index contributed by atoms with van der Waals surface area (Å²) in [5, 5.41) is 3.63. The topological polar surface area (TPSA) is 57.1 Å². The Labute approximate surface area is 106 Å². The van der Waals surface area contributed by atoms with Crippen molar-refractivity contribution in [1.29, 1.82) is 0 Å². The van der Waals surface area contributed by atoms with Crippen LogP contribution in [0.5, 0.6) is 11.5 Å². The summed E-state index contributed by atoms with van der Waals surface area (Å²) >= 11 is 0. The molecule has 0 amide bonds. The highest BCUT2D eigenvalue weighted by molar-refractivity contribution is 5.84. The standard InChI is InChI=1S/C13H17NO4/c1-9(2)13(15)18-14-8-10-5-6-11(16-3)7-12(10)17-4/h5-9H,1-4H3/b14-8+. The van der Waals surface area contributed by atoms with Crippen LogP contribution in [0.1, 0.15) is 19.4 Å². The molecule has 0 aliphatic heterocycles. The van der Waals surface area contributed by atoms with Crippen molar-refractivity contribution >= 4 is 12.2 Å². The summed E-state index contributed by atoms with van der Waals surface area (Å²) < 4.78 is 10.3. The number of hydrogen-bond acceptors (Lipinski definition) is 5. The zero-order valence-electron chi connectivity index (χ0n) is 11.0. The summed E-state index contributed by atoms with van der Waals surface area (Å²) in [4.78, 5) is 15.9. The Morgan fingerprint density at radius 3 is 2.56 bits per heavy atom. The number of nitrogens with zero attached hydrogens (tertiary/aromatic N) is 1. The van der Waals surface area contributed by atoms with E-state index in [9.17, 15) is 4.79 Å². The van der Waals surface area contributed by atoms with Gasteiger partial charge in [-0.25, -0.2) is 4.79 Å². The highest BCUT2D eigenvalue weighted by Gasteiger charge is 2.08. The van der Waals surface area contributed by atoms with E-state index in [0.29, 0.717) is 17.1 Å². The van der Waals surface area contributed by atoms with E-state index in [-0.39, 0.29) is 11.9 Å². The summed E-state index contributed by atoms with van der Waals surface area (Å²) in [5.74, 6) is 0.695. The van der Waals surface area contributed by atoms with Crippen LogP contribution >= 0.6 is 0 Å². The van der Waals surface area contributed by atoms with Crippen molar-refractivity contribution in [1.82, 2.24) is 0 Å². The molecule has 5 nitrogen and oxygen atoms in total. The average molecular weight is 251 g/mol. The molecule has 1 rings (SSSR count). The van der Waals surface area contributed by atoms with Crippen LogP contribution in [0.4, 0.5) is 0 Å². The van der Waals surface area contributed by atoms with Gasteiger partial charge in [0.25, 0.3) is 0 Å². The van der Waals surface area contributed by atoms with E-state index in [1.54, 1.807) is 46.3 Å². The molecule has 0 unspecified atom stereocenters. The first kappa shape index (κ1) is 14.0. The van der Waals surface area contributed by atoms with E-state index in [0.717, 1.165) is 0 Å². The predicted octanol–water partition coefficient (Wildman–Crippen LogP) is 2.24. The SMILES string of the molecule is COc1ccc(/C=N/OC(=O)C(C)C)c(OC)c1. The summed E-state index contributed by atoms with van der Waals surface area (Å²) in [6.45, 7) is 3.48. The van der Waals surface area contributed by atoms with Crippen LogP contribution in [0.3, 0.4) is 0 Å². The summed E-state index contributed by atoms with van der Waals surface area (Å²) in [5.41, 5.74) is 0.704. The van der Waals surface area contributed by atoms with Gasteiger partial charge in [-0.1, -0.05) is 19.0 Å². The number of rotatable bonds is 5. The third kappa shape index (κ3) is 3.76. The highest BCUT2D eigenvalue weighted by atomic mass is 16.7. The molecule has 0 N–H and O–H groups in total. The van der Waals surface area contributed by atoms with E-state index in [4.69, 9.17) is 14.3 Å². The van der Waals surface area contributed by atoms with Gasteiger partial charge in [0.2, 0.25) is 0 Å². The normalized spacial score (nSPS) is 10.7. The maximum absolute atomic E-state index is 11.2. The molecule has 0 radical (unpaired) electrons. The van der Waals surface area contributed by atoms with Crippen LogP contribution in [0, 0.1) is 5.92 Å². The maximum Gasteiger partial charge on any atom is 0.337 e. The minimum absolute atomic E-state index is 0.208. The number of benzene rings is 1. The molecule has 1 aromatic rings. The van der Waals surface area contributed by atoms with Gasteiger partial charge >= 0.3 is 5.97 Å². The molecule has 0 aliphatic rings. The third-order valence-corrected chi connectivity index (χ3v) is 2.25. The number of carbonyl (C=O) groups is 1. The lowest BCUT2D eigenvalue weighted by molar-refractivity contribution is -0.147. The molecule has 0 fully saturated rings. The zero-order valence-corrected chi connectivity index (χ0v) is 11.0. The van der Waals surface area contributed by atoms with Crippen molar-refractivity contribution in [2.45, 2.75) is 13.8 Å². The van der Waals surface area contributed by atoms with E-state index < -0.39 is 0 Å². The summed E-state index contributed by atoms with van der Waals surface area (Å²) in [7, 11) is 3.12. The molecule has 0 aliphatic carbocycles. The Morgan fingerprint density at radius 2 is 2.00 bits per heavy atom. The molecule has 18 heavy (non-hydrogen) atoms. The van der Waals surface area contributed by atoms with Gasteiger partial charge in [0.05, 0.1) is 26.4 Å². The molecule has 0 atom stereocenters. The van der Waals surface area contributed by atoms with E-state index >= 15 is 0 Å². The van der Waals surface area contributed by atoms with Gasteiger partial charge < -0.3 is 14.3 Å². The quantitative estimate of drug-likeness (QED) is 0.457. The minimum Gasteiger partial charge on any atom is -0.497 e. The second kappa shape index (κ2) is 6.64. The lowest BCUT2D eigenvalue weighted by atomic mass is 10.2. The van der Waals surface area contributed by atoms with E-state index in [1.165, 1.54) is 6.21 Å². The number of ether oxygens (including phenoxy) is 2. The Balaban J connectivity index is 2.78. The molecule has 0 spiro atoms. The van der Waals surface area contributed by atoms with Gasteiger partial charge in [-0.2, -0.15) is 0 Å². The van der Waals surface area contributed by atoms with E-state index in [2.05, 4.69) is 5.16 Å². The van der Waals surface area contributed by atoms with E-state index in [1.807, 2.05) is 0 Å². The average Bonchev–Trinajstić information content (AvgIpc) is 2.38. The zero-order chi connectivity index (χ0) is 13.5. The van der Waals surface area contributed by atoms with Crippen molar-refractivity contribution < 1.29 is 19.1 Å². The summed E-state index contributed by atoms with van der Waals surface area (Å²) in [6.07, 6.45) is 1.43. The van der Waals surface area contributed by atoms with Crippen molar-refractivity contribution in [2.24, 2.45) is 11.1 Å². The maximum atomic E-state index is 11.2. The van der Waals surface area contributed by atoms with Crippen LogP contribution < -0.4 is 9.47 Å². The van der Waals surface area contributed by atoms with Crippen molar-refractivity contribution in [3.63, 3.8) is 0 Å². The van der Waals surface area contributed by atoms with Crippen molar-refractivity contribution in [3.8, 4) is 11.5 Å². The van der Waals surface area contributed by atoms with Gasteiger partial charge in [-0.3, -0.25) is 0 Å². The van der Waals surface area contributed by atoms with Crippen LogP contribution in [0.2, 0.25) is 0 Å². The Hall–Kier alpha value is -2.04. The fourth-order valence-corrected chi connectivity index (χ4v) is 1.17. The number of hydrogen-bond donors (Lipinski definition) is 0. The Morgan fingerprint density at radius 1 is 1.28 bits per heavy atom. The largest absolute Gasteiger partial charge is 0.497 e. The lowest BCUT2D eigenvalue weighted by Gasteiger charge is -2.06. The van der Waals surface area contributed by atoms with Gasteiger partial charge in [0, 0.05) is 11.6 Å². The predicted molar refractivity (Wildman–Crippen MR) is 68.1 cm³/mol. The Kier molecular flexibility index (Phi) is 5.17. The molecule has 0 saturated heterocycles. The molecular formula is C13H17NO4. The molecule has 5 heteroatoms. The molecule has 1 aromatic carbocycles. The first-order valence-corrected chi connectivity index (χ1v) is 5.54. The second-order valence-corrected chi connectivity index (χ2v) is 3.91. The molecular weight excluding hydrogens is 234 g/mol. The fourth-order valence-electron chi connectivity index (χ4n) is 1.17. The number of oxime groups is 1. The molecule has 0 aromatic heterocycles. The summed E-state index contributed by atoms with van der Waals surface area (Å²) in [6, 6.07) is 5.27. The van der Waals surface area contributed by atoms with Crippen LogP contribution in [0.15, 0.2) is 23.4 Å².